The summed E-state index contributed by atoms with van der Waals surface area (Å²) < 4.78 is 68.5. The summed E-state index contributed by atoms with van der Waals surface area (Å²) in [5.74, 6) is -0.515. The van der Waals surface area contributed by atoms with Gasteiger partial charge in [0.2, 0.25) is 0 Å². The molecule has 3 N–H and O–H groups in total. The van der Waals surface area contributed by atoms with Crippen molar-refractivity contribution in [2.75, 3.05) is 39.6 Å². The molecule has 17 nitrogen and oxygen atoms in total. The lowest BCUT2D eigenvalue weighted by molar-refractivity contribution is -0.161. The van der Waals surface area contributed by atoms with Crippen molar-refractivity contribution in [1.29, 1.82) is 0 Å². The first kappa shape index (κ1) is 94.1. The second-order valence-electron chi connectivity index (χ2n) is 28.7. The van der Waals surface area contributed by atoms with E-state index in [2.05, 4.69) is 41.5 Å². The Morgan fingerprint density at radius 2 is 0.479 bits per heavy atom. The smallest absolute Gasteiger partial charge is 0.462 e. The fourth-order valence-electron chi connectivity index (χ4n) is 11.8. The number of aliphatic hydroxyl groups is 1. The predicted molar refractivity (Wildman–Crippen MR) is 391 cm³/mol. The number of aliphatic hydroxyl groups excluding tert-OH is 1. The molecule has 96 heavy (non-hydrogen) atoms. The van der Waals surface area contributed by atoms with Crippen LogP contribution in [0.25, 0.3) is 0 Å². The van der Waals surface area contributed by atoms with Gasteiger partial charge in [0.05, 0.1) is 26.4 Å². The van der Waals surface area contributed by atoms with E-state index < -0.39 is 97.5 Å². The van der Waals surface area contributed by atoms with Gasteiger partial charge in [-0.1, -0.05) is 350 Å². The summed E-state index contributed by atoms with van der Waals surface area (Å²) in [4.78, 5) is 72.8. The van der Waals surface area contributed by atoms with Crippen LogP contribution in [-0.2, 0) is 65.4 Å². The third-order valence-corrected chi connectivity index (χ3v) is 19.9. The van der Waals surface area contributed by atoms with Gasteiger partial charge in [0, 0.05) is 25.7 Å². The molecule has 2 unspecified atom stereocenters. The molecule has 0 aromatic carbocycles. The van der Waals surface area contributed by atoms with Crippen LogP contribution in [0.1, 0.15) is 401 Å². The Balaban J connectivity index is 5.21. The quantitative estimate of drug-likeness (QED) is 0.0222. The lowest BCUT2D eigenvalue weighted by Gasteiger charge is -2.21. The van der Waals surface area contributed by atoms with E-state index in [-0.39, 0.29) is 25.7 Å². The average molecular weight is 1410 g/mol. The van der Waals surface area contributed by atoms with Gasteiger partial charge in [0.1, 0.15) is 19.3 Å². The number of ether oxygens (including phenoxy) is 4. The van der Waals surface area contributed by atoms with Crippen molar-refractivity contribution in [3.63, 3.8) is 0 Å². The van der Waals surface area contributed by atoms with Crippen molar-refractivity contribution in [2.45, 2.75) is 419 Å². The summed E-state index contributed by atoms with van der Waals surface area (Å²) in [5.41, 5.74) is 0. The molecule has 0 aromatic rings. The van der Waals surface area contributed by atoms with E-state index in [9.17, 15) is 43.2 Å². The standard InChI is InChI=1S/C77H150O17P2/c1-7-9-11-13-15-17-18-24-32-37-43-49-55-61-76(81)93-72(65-87-74(79)59-53-47-41-16-14-12-10-8-2)67-91-95(83,84)89-63-71(78)64-90-96(85,86)92-68-73(66-88-75(80)60-54-48-42-36-31-28-23-26-30-35-40-46-52-58-70(5)6)94-77(82)62-56-50-44-38-33-27-22-20-19-21-25-29-34-39-45-51-57-69(3)4/h69-73,78H,7-68H2,1-6H3,(H,83,84)(H,85,86)/t71-,72+,73+/m0/s1. The molecule has 0 fully saturated rings. The predicted octanol–water partition coefficient (Wildman–Crippen LogP) is 22.7. The van der Waals surface area contributed by atoms with Crippen LogP contribution in [-0.4, -0.2) is 96.7 Å². The highest BCUT2D eigenvalue weighted by atomic mass is 31.2. The van der Waals surface area contributed by atoms with E-state index in [4.69, 9.17) is 37.0 Å². The van der Waals surface area contributed by atoms with Gasteiger partial charge in [0.15, 0.2) is 12.2 Å². The van der Waals surface area contributed by atoms with Crippen molar-refractivity contribution >= 4 is 39.5 Å². The molecule has 0 aliphatic carbocycles. The van der Waals surface area contributed by atoms with Gasteiger partial charge in [-0.2, -0.15) is 0 Å². The fourth-order valence-corrected chi connectivity index (χ4v) is 13.4. The second-order valence-corrected chi connectivity index (χ2v) is 31.6. The topological polar surface area (TPSA) is 237 Å². The van der Waals surface area contributed by atoms with Crippen molar-refractivity contribution in [1.82, 2.24) is 0 Å². The minimum absolute atomic E-state index is 0.108. The maximum atomic E-state index is 13.1. The van der Waals surface area contributed by atoms with Gasteiger partial charge in [-0.25, -0.2) is 9.13 Å². The minimum Gasteiger partial charge on any atom is -0.462 e. The number of unbranched alkanes of at least 4 members (excludes halogenated alkanes) is 46. The van der Waals surface area contributed by atoms with E-state index in [0.29, 0.717) is 25.7 Å². The molecule has 0 saturated carbocycles. The van der Waals surface area contributed by atoms with E-state index in [1.54, 1.807) is 0 Å². The largest absolute Gasteiger partial charge is 0.472 e. The van der Waals surface area contributed by atoms with Gasteiger partial charge in [0.25, 0.3) is 0 Å². The Kier molecular flexibility index (Phi) is 67.4. The molecule has 0 bridgehead atoms. The molecule has 0 aliphatic heterocycles. The number of carbonyl (C=O) groups is 4. The van der Waals surface area contributed by atoms with Gasteiger partial charge in [-0.3, -0.25) is 37.3 Å². The number of phosphoric ester groups is 2. The molecule has 19 heteroatoms. The van der Waals surface area contributed by atoms with E-state index in [1.165, 1.54) is 212 Å². The SMILES string of the molecule is CCCCCCCCCCCCCCCC(=O)O[C@H](COC(=O)CCCCCCCCCC)COP(=O)(O)OC[C@H](O)COP(=O)(O)OC[C@@H](COC(=O)CCCCCCCCCCCCCCCC(C)C)OC(=O)CCCCCCCCCCCCCCCCCCC(C)C. The molecule has 570 valence electrons. The Hall–Kier alpha value is -1.94. The second kappa shape index (κ2) is 68.8. The highest BCUT2D eigenvalue weighted by molar-refractivity contribution is 7.47. The first-order valence-corrected chi connectivity index (χ1v) is 43.0. The highest BCUT2D eigenvalue weighted by Crippen LogP contribution is 2.45. The van der Waals surface area contributed by atoms with Crippen LogP contribution in [0.4, 0.5) is 0 Å². The summed E-state index contributed by atoms with van der Waals surface area (Å²) in [6.07, 6.45) is 56.9. The molecule has 0 aliphatic rings. The lowest BCUT2D eigenvalue weighted by Crippen LogP contribution is -2.30. The number of carbonyl (C=O) groups excluding carboxylic acids is 4. The molecule has 0 amide bonds. The van der Waals surface area contributed by atoms with Crippen LogP contribution in [0, 0.1) is 11.8 Å². The van der Waals surface area contributed by atoms with Crippen LogP contribution < -0.4 is 0 Å². The fraction of sp³-hybridized carbons (Fsp3) is 0.948. The minimum atomic E-state index is -4.96. The molecule has 5 atom stereocenters. The summed E-state index contributed by atoms with van der Waals surface area (Å²) in [6.45, 7) is 9.63. The van der Waals surface area contributed by atoms with Crippen LogP contribution in [0.15, 0.2) is 0 Å². The van der Waals surface area contributed by atoms with E-state index in [0.717, 1.165) is 108 Å². The number of rotatable bonds is 76. The van der Waals surface area contributed by atoms with E-state index in [1.807, 2.05) is 0 Å². The Morgan fingerprint density at radius 3 is 0.708 bits per heavy atom. The average Bonchev–Trinajstić information content (AvgIpc) is 3.19. The van der Waals surface area contributed by atoms with Crippen molar-refractivity contribution in [2.24, 2.45) is 11.8 Å². The summed E-state index contributed by atoms with van der Waals surface area (Å²) in [5, 5.41) is 10.6. The van der Waals surface area contributed by atoms with Crippen molar-refractivity contribution in [3.8, 4) is 0 Å². The highest BCUT2D eigenvalue weighted by Gasteiger charge is 2.30. The molecular formula is C77H150O17P2. The number of phosphoric acid groups is 2. The zero-order chi connectivity index (χ0) is 70.7. The Bertz CT molecular complexity index is 1860. The van der Waals surface area contributed by atoms with E-state index >= 15 is 0 Å². The van der Waals surface area contributed by atoms with Gasteiger partial charge >= 0.3 is 39.5 Å². The molecule has 0 aromatic heterocycles. The van der Waals surface area contributed by atoms with Gasteiger partial charge in [-0.05, 0) is 37.5 Å². The lowest BCUT2D eigenvalue weighted by atomic mass is 10.0. The summed E-state index contributed by atoms with van der Waals surface area (Å²) in [7, 11) is -9.91. The number of hydrogen-bond acceptors (Lipinski definition) is 15. The zero-order valence-electron chi connectivity index (χ0n) is 62.7. The first-order chi connectivity index (χ1) is 46.4. The number of hydrogen-bond donors (Lipinski definition) is 3. The summed E-state index contributed by atoms with van der Waals surface area (Å²) >= 11 is 0. The molecular weight excluding hydrogens is 1260 g/mol. The first-order valence-electron chi connectivity index (χ1n) is 40.0. The third-order valence-electron chi connectivity index (χ3n) is 18.0. The van der Waals surface area contributed by atoms with Crippen LogP contribution >= 0.6 is 15.6 Å². The maximum Gasteiger partial charge on any atom is 0.472 e. The molecule has 0 radical (unpaired) electrons. The summed E-state index contributed by atoms with van der Waals surface area (Å²) in [6, 6.07) is 0. The van der Waals surface area contributed by atoms with Crippen LogP contribution in [0.3, 0.4) is 0 Å². The zero-order valence-corrected chi connectivity index (χ0v) is 64.5. The third kappa shape index (κ3) is 70.5. The van der Waals surface area contributed by atoms with Crippen LogP contribution in [0.2, 0.25) is 0 Å². The number of esters is 4. The Labute approximate surface area is 588 Å². The monoisotopic (exact) mass is 1410 g/mol. The van der Waals surface area contributed by atoms with Gasteiger partial charge < -0.3 is 33.8 Å². The van der Waals surface area contributed by atoms with Gasteiger partial charge in [-0.15, -0.1) is 0 Å². The Morgan fingerprint density at radius 1 is 0.281 bits per heavy atom. The van der Waals surface area contributed by atoms with Crippen molar-refractivity contribution < 1.29 is 80.2 Å². The molecule has 0 spiro atoms. The van der Waals surface area contributed by atoms with Crippen molar-refractivity contribution in [3.05, 3.63) is 0 Å². The molecule has 0 rings (SSSR count). The van der Waals surface area contributed by atoms with Crippen LogP contribution in [0.5, 0.6) is 0 Å². The molecule has 0 saturated heterocycles. The maximum absolute atomic E-state index is 13.1. The normalized spacial score (nSPS) is 14.0. The molecule has 0 heterocycles.